The molecule has 1 aromatic rings. The summed E-state index contributed by atoms with van der Waals surface area (Å²) in [6.07, 6.45) is 1.77. The highest BCUT2D eigenvalue weighted by atomic mass is 35.5. The highest BCUT2D eigenvalue weighted by Gasteiger charge is 2.28. The standard InChI is InChI=1S/C12H17Cl2N3O2S/c13-10-4-1-5-11(12(10)14)16-20(18,19)17-6-2-3-9(7-15)8-17/h1,4-5,9,16H,2-3,6-8,15H2. The van der Waals surface area contributed by atoms with Crippen molar-refractivity contribution >= 4 is 39.1 Å². The lowest BCUT2D eigenvalue weighted by molar-refractivity contribution is 0.273. The van der Waals surface area contributed by atoms with Gasteiger partial charge in [-0.3, -0.25) is 4.72 Å². The van der Waals surface area contributed by atoms with Crippen LogP contribution < -0.4 is 10.5 Å². The zero-order valence-corrected chi connectivity index (χ0v) is 13.2. The molecule has 0 amide bonds. The van der Waals surface area contributed by atoms with Crippen LogP contribution in [0, 0.1) is 5.92 Å². The second-order valence-corrected chi connectivity index (χ2v) is 7.27. The number of nitrogens with two attached hydrogens (primary N) is 1. The van der Waals surface area contributed by atoms with E-state index in [1.54, 1.807) is 18.2 Å². The lowest BCUT2D eigenvalue weighted by atomic mass is 10.0. The molecule has 0 bridgehead atoms. The van der Waals surface area contributed by atoms with Crippen LogP contribution in [0.25, 0.3) is 0 Å². The molecule has 1 unspecified atom stereocenters. The monoisotopic (exact) mass is 337 g/mol. The first-order valence-electron chi connectivity index (χ1n) is 6.36. The quantitative estimate of drug-likeness (QED) is 0.885. The fraction of sp³-hybridized carbons (Fsp3) is 0.500. The molecule has 0 aliphatic carbocycles. The smallest absolute Gasteiger partial charge is 0.301 e. The molecule has 2 rings (SSSR count). The summed E-state index contributed by atoms with van der Waals surface area (Å²) in [5.41, 5.74) is 5.91. The minimum Gasteiger partial charge on any atom is -0.330 e. The van der Waals surface area contributed by atoms with Gasteiger partial charge in [0.05, 0.1) is 15.7 Å². The Morgan fingerprint density at radius 3 is 2.85 bits per heavy atom. The van der Waals surface area contributed by atoms with E-state index in [0.717, 1.165) is 12.8 Å². The molecule has 1 saturated heterocycles. The van der Waals surface area contributed by atoms with Gasteiger partial charge in [0.25, 0.3) is 0 Å². The third-order valence-corrected chi connectivity index (χ3v) is 5.65. The van der Waals surface area contributed by atoms with Crippen LogP contribution in [0.2, 0.25) is 10.0 Å². The highest BCUT2D eigenvalue weighted by Crippen LogP contribution is 2.31. The van der Waals surface area contributed by atoms with Gasteiger partial charge in [0, 0.05) is 13.1 Å². The van der Waals surface area contributed by atoms with Gasteiger partial charge in [-0.2, -0.15) is 12.7 Å². The van der Waals surface area contributed by atoms with Gasteiger partial charge < -0.3 is 5.73 Å². The van der Waals surface area contributed by atoms with Gasteiger partial charge in [0.1, 0.15) is 0 Å². The Kier molecular flexibility index (Phi) is 5.14. The van der Waals surface area contributed by atoms with Crippen LogP contribution >= 0.6 is 23.2 Å². The van der Waals surface area contributed by atoms with Gasteiger partial charge in [-0.1, -0.05) is 29.3 Å². The summed E-state index contributed by atoms with van der Waals surface area (Å²) in [6.45, 7) is 1.41. The van der Waals surface area contributed by atoms with Crippen molar-refractivity contribution in [3.8, 4) is 0 Å². The second-order valence-electron chi connectivity index (χ2n) is 4.81. The van der Waals surface area contributed by atoms with Crippen LogP contribution in [0.1, 0.15) is 12.8 Å². The predicted octanol–water partition coefficient (Wildman–Crippen LogP) is 2.32. The van der Waals surface area contributed by atoms with E-state index in [-0.39, 0.29) is 16.6 Å². The first kappa shape index (κ1) is 15.9. The molecule has 1 atom stereocenters. The molecule has 0 spiro atoms. The summed E-state index contributed by atoms with van der Waals surface area (Å²) < 4.78 is 28.6. The molecule has 1 aliphatic heterocycles. The summed E-state index contributed by atoms with van der Waals surface area (Å²) in [6, 6.07) is 4.83. The van der Waals surface area contributed by atoms with Gasteiger partial charge in [-0.25, -0.2) is 0 Å². The van der Waals surface area contributed by atoms with Gasteiger partial charge >= 0.3 is 10.2 Å². The predicted molar refractivity (Wildman–Crippen MR) is 82.4 cm³/mol. The Bertz CT molecular complexity index is 580. The minimum absolute atomic E-state index is 0.199. The summed E-state index contributed by atoms with van der Waals surface area (Å²) in [4.78, 5) is 0. The van der Waals surface area contributed by atoms with Gasteiger partial charge in [-0.15, -0.1) is 0 Å². The van der Waals surface area contributed by atoms with Crippen molar-refractivity contribution in [3.05, 3.63) is 28.2 Å². The van der Waals surface area contributed by atoms with Crippen molar-refractivity contribution in [1.29, 1.82) is 0 Å². The van der Waals surface area contributed by atoms with Crippen molar-refractivity contribution in [1.82, 2.24) is 4.31 Å². The van der Waals surface area contributed by atoms with E-state index < -0.39 is 10.2 Å². The van der Waals surface area contributed by atoms with Crippen molar-refractivity contribution < 1.29 is 8.42 Å². The van der Waals surface area contributed by atoms with E-state index in [2.05, 4.69) is 4.72 Å². The lowest BCUT2D eigenvalue weighted by Crippen LogP contribution is -2.44. The van der Waals surface area contributed by atoms with Crippen LogP contribution in [0.3, 0.4) is 0 Å². The maximum atomic E-state index is 12.4. The van der Waals surface area contributed by atoms with Crippen LogP contribution in [0.4, 0.5) is 5.69 Å². The Hall–Kier alpha value is -0.530. The zero-order chi connectivity index (χ0) is 14.8. The molecular formula is C12H17Cl2N3O2S. The summed E-state index contributed by atoms with van der Waals surface area (Å²) in [5.74, 6) is 0.204. The molecule has 1 aromatic carbocycles. The third kappa shape index (κ3) is 3.56. The van der Waals surface area contributed by atoms with E-state index in [1.807, 2.05) is 0 Å². The molecule has 1 fully saturated rings. The second kappa shape index (κ2) is 6.49. The van der Waals surface area contributed by atoms with Crippen LogP contribution in [0.15, 0.2) is 18.2 Å². The fourth-order valence-corrected chi connectivity index (χ4v) is 3.98. The minimum atomic E-state index is -3.63. The van der Waals surface area contributed by atoms with Gasteiger partial charge in [-0.05, 0) is 37.4 Å². The number of hydrogen-bond acceptors (Lipinski definition) is 3. The first-order chi connectivity index (χ1) is 9.44. The Morgan fingerprint density at radius 1 is 1.40 bits per heavy atom. The molecule has 0 saturated carbocycles. The van der Waals surface area contributed by atoms with Crippen molar-refractivity contribution in [2.24, 2.45) is 11.7 Å². The Labute approximate surface area is 129 Å². The molecule has 20 heavy (non-hydrogen) atoms. The van der Waals surface area contributed by atoms with E-state index in [4.69, 9.17) is 28.9 Å². The van der Waals surface area contributed by atoms with Gasteiger partial charge in [0.2, 0.25) is 0 Å². The van der Waals surface area contributed by atoms with E-state index in [9.17, 15) is 8.42 Å². The Balaban J connectivity index is 2.16. The zero-order valence-electron chi connectivity index (χ0n) is 10.9. The molecule has 8 heteroatoms. The molecule has 0 radical (unpaired) electrons. The Morgan fingerprint density at radius 2 is 2.15 bits per heavy atom. The molecule has 1 heterocycles. The molecule has 3 N–H and O–H groups in total. The van der Waals surface area contributed by atoms with E-state index in [1.165, 1.54) is 4.31 Å². The number of hydrogen-bond donors (Lipinski definition) is 2. The van der Waals surface area contributed by atoms with E-state index in [0.29, 0.717) is 24.7 Å². The molecule has 5 nitrogen and oxygen atoms in total. The largest absolute Gasteiger partial charge is 0.330 e. The maximum absolute atomic E-state index is 12.4. The normalized spacial score (nSPS) is 20.9. The number of nitrogens with zero attached hydrogens (tertiary/aromatic N) is 1. The number of rotatable bonds is 4. The van der Waals surface area contributed by atoms with Crippen LogP contribution in [-0.2, 0) is 10.2 Å². The summed E-state index contributed by atoms with van der Waals surface area (Å²) >= 11 is 11.9. The van der Waals surface area contributed by atoms with E-state index >= 15 is 0 Å². The van der Waals surface area contributed by atoms with Crippen LogP contribution in [0.5, 0.6) is 0 Å². The fourth-order valence-electron chi connectivity index (χ4n) is 2.22. The van der Waals surface area contributed by atoms with Crippen molar-refractivity contribution in [2.75, 3.05) is 24.4 Å². The first-order valence-corrected chi connectivity index (χ1v) is 8.55. The number of benzene rings is 1. The van der Waals surface area contributed by atoms with Crippen molar-refractivity contribution in [2.45, 2.75) is 12.8 Å². The highest BCUT2D eigenvalue weighted by molar-refractivity contribution is 7.90. The maximum Gasteiger partial charge on any atom is 0.301 e. The van der Waals surface area contributed by atoms with Crippen LogP contribution in [-0.4, -0.2) is 32.4 Å². The van der Waals surface area contributed by atoms with Crippen molar-refractivity contribution in [3.63, 3.8) is 0 Å². The number of nitrogens with one attached hydrogen (secondary N) is 1. The summed E-state index contributed by atoms with van der Waals surface area (Å²) in [5, 5.41) is 0.510. The molecule has 0 aromatic heterocycles. The summed E-state index contributed by atoms with van der Waals surface area (Å²) in [7, 11) is -3.63. The SMILES string of the molecule is NCC1CCCN(S(=O)(=O)Nc2cccc(Cl)c2Cl)C1. The topological polar surface area (TPSA) is 75.4 Å². The lowest BCUT2D eigenvalue weighted by Gasteiger charge is -2.31. The average Bonchev–Trinajstić information content (AvgIpc) is 2.44. The average molecular weight is 338 g/mol. The molecule has 1 aliphatic rings. The molecular weight excluding hydrogens is 321 g/mol. The number of anilines is 1. The third-order valence-electron chi connectivity index (χ3n) is 3.35. The molecule has 112 valence electrons. The number of halogens is 2. The van der Waals surface area contributed by atoms with Gasteiger partial charge in [0.15, 0.2) is 0 Å². The number of piperidine rings is 1.